The summed E-state index contributed by atoms with van der Waals surface area (Å²) in [6.07, 6.45) is 0. The molecule has 0 aromatic heterocycles. The van der Waals surface area contributed by atoms with Crippen LogP contribution in [-0.2, 0) is 11.4 Å². The average Bonchev–Trinajstić information content (AvgIpc) is 0.811. The first-order valence-corrected chi connectivity index (χ1v) is 1.60. The van der Waals surface area contributed by atoms with Crippen molar-refractivity contribution in [3.05, 3.63) is 0 Å². The Balaban J connectivity index is -0.0000000450. The molecule has 3 nitrogen and oxygen atoms in total. The molecule has 0 aliphatic rings. The van der Waals surface area contributed by atoms with Gasteiger partial charge in [-0.3, -0.25) is 9.11 Å². The van der Waals surface area contributed by atoms with E-state index in [9.17, 15) is 0 Å². The van der Waals surface area contributed by atoms with Gasteiger partial charge in [0.1, 0.15) is 0 Å². The van der Waals surface area contributed by atoms with Crippen molar-refractivity contribution in [2.45, 2.75) is 0 Å². The molecule has 0 aliphatic carbocycles. The fraction of sp³-hybridized carbons (Fsp3) is 0. The Labute approximate surface area is 90.3 Å². The Morgan fingerprint density at radius 3 is 1.33 bits per heavy atom. The van der Waals surface area contributed by atoms with Gasteiger partial charge in [-0.25, -0.2) is 0 Å². The van der Waals surface area contributed by atoms with Gasteiger partial charge in [0, 0.05) is 0 Å². The van der Waals surface area contributed by atoms with Gasteiger partial charge in [-0.2, -0.15) is 4.21 Å². The third-order valence-electron chi connectivity index (χ3n) is 0. The molecule has 6 heteroatoms. The van der Waals surface area contributed by atoms with Crippen LogP contribution in [0.2, 0.25) is 0 Å². The van der Waals surface area contributed by atoms with Crippen LogP contribution in [0.4, 0.5) is 0 Å². The first kappa shape index (κ1) is 15.8. The molecule has 0 saturated heterocycles. The van der Waals surface area contributed by atoms with Gasteiger partial charge >= 0.3 is 67.3 Å². The van der Waals surface area contributed by atoms with E-state index in [2.05, 4.69) is 0 Å². The molecule has 0 aromatic carbocycles. The molecule has 0 amide bonds. The Morgan fingerprint density at radius 1 is 1.33 bits per heavy atom. The van der Waals surface area contributed by atoms with Gasteiger partial charge in [0.05, 0.1) is 0 Å². The zero-order valence-corrected chi connectivity index (χ0v) is 2.53. The number of hydrogen-bond donors (Lipinski definition) is 2. The standard InChI is InChI=1S/Ca.Na.H2O3S.3H/c;;1-4(2)3;;;/h;;(H2,1,2,3);;;. The van der Waals surface area contributed by atoms with Crippen LogP contribution in [0.15, 0.2) is 0 Å². The van der Waals surface area contributed by atoms with Crippen molar-refractivity contribution < 1.29 is 13.3 Å². The maximum atomic E-state index is 8.67. The van der Waals surface area contributed by atoms with Gasteiger partial charge < -0.3 is 0 Å². The van der Waals surface area contributed by atoms with E-state index >= 15 is 0 Å². The first-order valence-electron chi connectivity index (χ1n) is 0.532. The van der Waals surface area contributed by atoms with E-state index in [1.807, 2.05) is 0 Å². The van der Waals surface area contributed by atoms with Crippen LogP contribution < -0.4 is 0 Å². The van der Waals surface area contributed by atoms with E-state index < -0.39 is 11.4 Å². The Bertz CT molecular complexity index is 33.8. The van der Waals surface area contributed by atoms with Crippen molar-refractivity contribution in [3.63, 3.8) is 0 Å². The Kier molecular flexibility index (Phi) is 27.1. The van der Waals surface area contributed by atoms with Crippen LogP contribution >= 0.6 is 0 Å². The second-order valence-corrected chi connectivity index (χ2v) is 0.692. The third-order valence-corrected chi connectivity index (χ3v) is 0. The van der Waals surface area contributed by atoms with Gasteiger partial charge in [0.2, 0.25) is 0 Å². The van der Waals surface area contributed by atoms with Crippen LogP contribution in [0.3, 0.4) is 0 Å². The molecule has 0 aromatic rings. The SMILES string of the molecule is O=S(O)O.[CaH2].[NaH]. The molecule has 0 fully saturated rings. The van der Waals surface area contributed by atoms with Crippen molar-refractivity contribution in [1.29, 1.82) is 0 Å². The average molecular weight is 148 g/mol. The molecule has 2 N–H and O–H groups in total. The molecular formula is H5CaNaO3S. The molecule has 0 atom stereocenters. The predicted molar refractivity (Wildman–Crippen MR) is 29.1 cm³/mol. The molecule has 0 unspecified atom stereocenters. The van der Waals surface area contributed by atoms with Crippen LogP contribution in [0.25, 0.3) is 0 Å². The van der Waals surface area contributed by atoms with Gasteiger partial charge in [-0.05, 0) is 0 Å². The summed E-state index contributed by atoms with van der Waals surface area (Å²) in [5.74, 6) is 0. The summed E-state index contributed by atoms with van der Waals surface area (Å²) in [6, 6.07) is 0. The summed E-state index contributed by atoms with van der Waals surface area (Å²) in [5.41, 5.74) is 0. The number of rotatable bonds is 0. The minimum absolute atomic E-state index is 0. The van der Waals surface area contributed by atoms with E-state index in [-0.39, 0.29) is 67.3 Å². The molecule has 0 spiro atoms. The van der Waals surface area contributed by atoms with E-state index in [1.165, 1.54) is 0 Å². The molecule has 0 bridgehead atoms. The van der Waals surface area contributed by atoms with Crippen LogP contribution in [-0.4, -0.2) is 80.6 Å². The van der Waals surface area contributed by atoms with Crippen LogP contribution in [0.5, 0.6) is 0 Å². The fourth-order valence-corrected chi connectivity index (χ4v) is 0. The van der Waals surface area contributed by atoms with E-state index in [4.69, 9.17) is 13.3 Å². The molecule has 0 saturated carbocycles. The summed E-state index contributed by atoms with van der Waals surface area (Å²) in [5, 5.41) is 0. The monoisotopic (exact) mass is 148 g/mol. The molecule has 32 valence electrons. The quantitative estimate of drug-likeness (QED) is 0.312. The molecule has 0 heterocycles. The van der Waals surface area contributed by atoms with Crippen molar-refractivity contribution >= 4 is 78.7 Å². The summed E-state index contributed by atoms with van der Waals surface area (Å²) >= 11 is -2.61. The summed E-state index contributed by atoms with van der Waals surface area (Å²) < 4.78 is 22.8. The zero-order valence-electron chi connectivity index (χ0n) is 1.71. The van der Waals surface area contributed by atoms with Gasteiger partial charge in [-0.15, -0.1) is 0 Å². The Hall–Kier alpha value is 2.33. The van der Waals surface area contributed by atoms with E-state index in [1.54, 1.807) is 0 Å². The maximum absolute atomic E-state index is 8.67. The topological polar surface area (TPSA) is 57.5 Å². The van der Waals surface area contributed by atoms with Crippen molar-refractivity contribution in [3.8, 4) is 0 Å². The summed E-state index contributed by atoms with van der Waals surface area (Å²) in [4.78, 5) is 0. The van der Waals surface area contributed by atoms with Crippen molar-refractivity contribution in [1.82, 2.24) is 0 Å². The molecular weight excluding hydrogens is 143 g/mol. The minimum atomic E-state index is -2.61. The van der Waals surface area contributed by atoms with Gasteiger partial charge in [0.15, 0.2) is 0 Å². The van der Waals surface area contributed by atoms with Crippen molar-refractivity contribution in [2.24, 2.45) is 0 Å². The van der Waals surface area contributed by atoms with Crippen LogP contribution in [0, 0.1) is 0 Å². The molecule has 6 heavy (non-hydrogen) atoms. The second kappa shape index (κ2) is 10.3. The number of hydrogen-bond acceptors (Lipinski definition) is 1. The van der Waals surface area contributed by atoms with E-state index in [0.29, 0.717) is 0 Å². The van der Waals surface area contributed by atoms with Crippen molar-refractivity contribution in [2.75, 3.05) is 0 Å². The summed E-state index contributed by atoms with van der Waals surface area (Å²) in [7, 11) is 0. The molecule has 0 radical (unpaired) electrons. The fourth-order valence-electron chi connectivity index (χ4n) is 0. The zero-order chi connectivity index (χ0) is 3.58. The predicted octanol–water partition coefficient (Wildman–Crippen LogP) is -1.88. The van der Waals surface area contributed by atoms with E-state index in [0.717, 1.165) is 0 Å². The summed E-state index contributed by atoms with van der Waals surface area (Å²) in [6.45, 7) is 0. The normalized spacial score (nSPS) is 5.83. The Morgan fingerprint density at radius 2 is 1.33 bits per heavy atom. The van der Waals surface area contributed by atoms with Gasteiger partial charge in [0.25, 0.3) is 11.4 Å². The third kappa shape index (κ3) is 33.1. The molecule has 0 rings (SSSR count). The second-order valence-electron chi connectivity index (χ2n) is 0.231. The first-order chi connectivity index (χ1) is 1.73. The van der Waals surface area contributed by atoms with Gasteiger partial charge in [-0.1, -0.05) is 0 Å². The van der Waals surface area contributed by atoms with Crippen LogP contribution in [0.1, 0.15) is 0 Å². The molecule has 0 aliphatic heterocycles.